The van der Waals surface area contributed by atoms with Crippen LogP contribution in [0.4, 0.5) is 5.69 Å². The van der Waals surface area contributed by atoms with Gasteiger partial charge in [0.05, 0.1) is 25.0 Å². The largest absolute Gasteiger partial charge is 0.493 e. The minimum Gasteiger partial charge on any atom is -0.493 e. The highest BCUT2D eigenvalue weighted by Crippen LogP contribution is 2.39. The summed E-state index contributed by atoms with van der Waals surface area (Å²) in [7, 11) is 1.59. The second kappa shape index (κ2) is 11.5. The van der Waals surface area contributed by atoms with Gasteiger partial charge in [0.25, 0.3) is 0 Å². The van der Waals surface area contributed by atoms with E-state index in [9.17, 15) is 14.7 Å². The molecule has 1 saturated carbocycles. The van der Waals surface area contributed by atoms with Gasteiger partial charge in [-0.25, -0.2) is 4.79 Å². The Morgan fingerprint density at radius 3 is 2.58 bits per heavy atom. The summed E-state index contributed by atoms with van der Waals surface area (Å²) in [6.45, 7) is 3.04. The van der Waals surface area contributed by atoms with Crippen LogP contribution in [0.3, 0.4) is 0 Å². The van der Waals surface area contributed by atoms with Crippen molar-refractivity contribution in [3.05, 3.63) is 59.7 Å². The zero-order chi connectivity index (χ0) is 23.7. The van der Waals surface area contributed by atoms with Gasteiger partial charge >= 0.3 is 5.97 Å². The van der Waals surface area contributed by atoms with Crippen LogP contribution in [0.5, 0.6) is 11.5 Å². The topological polar surface area (TPSA) is 84.9 Å². The summed E-state index contributed by atoms with van der Waals surface area (Å²) in [5.74, 6) is -0.219. The number of carbonyl (C=O) groups excluding carboxylic acids is 1. The van der Waals surface area contributed by atoms with Crippen LogP contribution in [0.1, 0.15) is 67.8 Å². The smallest absolute Gasteiger partial charge is 0.337 e. The standard InChI is InChI=1S/C27H33NO5/c1-27(15-6-3-7-16-27)17-8-18-33-23-13-11-20(19-24(23)32-2)12-14-25(29)28-22-10-5-4-9-21(22)26(30)31/h4-5,9-14,19H,3,6-8,15-18H2,1-2H3,(H,28,29)(H,30,31)/b14-12+. The van der Waals surface area contributed by atoms with E-state index in [4.69, 9.17) is 9.47 Å². The van der Waals surface area contributed by atoms with Crippen molar-refractivity contribution in [3.63, 3.8) is 0 Å². The minimum absolute atomic E-state index is 0.0416. The SMILES string of the molecule is COc1cc(/C=C/C(=O)Nc2ccccc2C(=O)O)ccc1OCCCC1(C)CCCCC1. The van der Waals surface area contributed by atoms with E-state index in [1.54, 1.807) is 31.4 Å². The molecule has 2 aromatic rings. The van der Waals surface area contributed by atoms with Gasteiger partial charge in [-0.3, -0.25) is 4.79 Å². The fraction of sp³-hybridized carbons (Fsp3) is 0.407. The highest BCUT2D eigenvalue weighted by Gasteiger charge is 2.26. The lowest BCUT2D eigenvalue weighted by Gasteiger charge is -2.33. The Balaban J connectivity index is 1.55. The van der Waals surface area contributed by atoms with Crippen molar-refractivity contribution in [1.82, 2.24) is 0 Å². The molecule has 0 unspecified atom stereocenters. The van der Waals surface area contributed by atoms with Crippen molar-refractivity contribution in [1.29, 1.82) is 0 Å². The molecule has 0 aromatic heterocycles. The van der Waals surface area contributed by atoms with Crippen LogP contribution in [-0.2, 0) is 4.79 Å². The van der Waals surface area contributed by atoms with Gasteiger partial charge in [0.15, 0.2) is 11.5 Å². The summed E-state index contributed by atoms with van der Waals surface area (Å²) in [4.78, 5) is 23.5. The number of anilines is 1. The van der Waals surface area contributed by atoms with Gasteiger partial charge in [-0.1, -0.05) is 44.4 Å². The quantitative estimate of drug-likeness (QED) is 0.333. The van der Waals surface area contributed by atoms with Crippen LogP contribution < -0.4 is 14.8 Å². The number of carbonyl (C=O) groups is 2. The lowest BCUT2D eigenvalue weighted by atomic mass is 9.73. The number of nitrogens with one attached hydrogen (secondary N) is 1. The highest BCUT2D eigenvalue weighted by molar-refractivity contribution is 6.06. The molecule has 33 heavy (non-hydrogen) atoms. The number of benzene rings is 2. The van der Waals surface area contributed by atoms with Crippen molar-refractivity contribution in [2.45, 2.75) is 51.9 Å². The van der Waals surface area contributed by atoms with Crippen LogP contribution in [0.15, 0.2) is 48.5 Å². The third-order valence-electron chi connectivity index (χ3n) is 6.27. The molecule has 1 aliphatic carbocycles. The van der Waals surface area contributed by atoms with Crippen molar-refractivity contribution in [2.75, 3.05) is 19.0 Å². The van der Waals surface area contributed by atoms with Crippen molar-refractivity contribution >= 4 is 23.6 Å². The van der Waals surface area contributed by atoms with Crippen LogP contribution >= 0.6 is 0 Å². The molecule has 1 aliphatic rings. The molecule has 0 aliphatic heterocycles. The number of amides is 1. The number of aromatic carboxylic acids is 1. The lowest BCUT2D eigenvalue weighted by Crippen LogP contribution is -2.20. The lowest BCUT2D eigenvalue weighted by molar-refractivity contribution is -0.111. The summed E-state index contributed by atoms with van der Waals surface area (Å²) >= 11 is 0. The third kappa shape index (κ3) is 7.11. The molecule has 0 bridgehead atoms. The zero-order valence-corrected chi connectivity index (χ0v) is 19.4. The fourth-order valence-corrected chi connectivity index (χ4v) is 4.37. The molecule has 6 heteroatoms. The predicted octanol–water partition coefficient (Wildman–Crippen LogP) is 6.17. The average Bonchev–Trinajstić information content (AvgIpc) is 2.81. The fourth-order valence-electron chi connectivity index (χ4n) is 4.37. The number of carboxylic acid groups (broad SMARTS) is 1. The molecule has 0 saturated heterocycles. The van der Waals surface area contributed by atoms with Gasteiger partial charge in [-0.05, 0) is 67.0 Å². The van der Waals surface area contributed by atoms with Crippen LogP contribution in [0, 0.1) is 5.41 Å². The summed E-state index contributed by atoms with van der Waals surface area (Å²) in [5.41, 5.74) is 1.52. The van der Waals surface area contributed by atoms with Gasteiger partial charge in [0, 0.05) is 6.08 Å². The molecule has 176 valence electrons. The summed E-state index contributed by atoms with van der Waals surface area (Å²) in [5, 5.41) is 11.8. The first kappa shape index (κ1) is 24.4. The molecule has 1 amide bonds. The second-order valence-electron chi connectivity index (χ2n) is 8.91. The van der Waals surface area contributed by atoms with E-state index < -0.39 is 11.9 Å². The molecule has 6 nitrogen and oxygen atoms in total. The minimum atomic E-state index is -1.09. The summed E-state index contributed by atoms with van der Waals surface area (Å²) in [6.07, 6.45) is 11.9. The Morgan fingerprint density at radius 1 is 1.09 bits per heavy atom. The van der Waals surface area contributed by atoms with E-state index in [1.165, 1.54) is 50.7 Å². The van der Waals surface area contributed by atoms with E-state index >= 15 is 0 Å². The predicted molar refractivity (Wildman–Crippen MR) is 130 cm³/mol. The van der Waals surface area contributed by atoms with E-state index in [0.29, 0.717) is 23.5 Å². The maximum atomic E-state index is 12.3. The first-order valence-electron chi connectivity index (χ1n) is 11.5. The molecular weight excluding hydrogens is 418 g/mol. The number of carboxylic acids is 1. The van der Waals surface area contributed by atoms with Crippen LogP contribution in [0.25, 0.3) is 6.08 Å². The molecule has 0 atom stereocenters. The van der Waals surface area contributed by atoms with E-state index in [0.717, 1.165) is 12.0 Å². The van der Waals surface area contributed by atoms with Crippen molar-refractivity contribution in [3.8, 4) is 11.5 Å². The molecule has 3 rings (SSSR count). The average molecular weight is 452 g/mol. The van der Waals surface area contributed by atoms with Gasteiger partial charge in [0.1, 0.15) is 0 Å². The number of methoxy groups -OCH3 is 1. The van der Waals surface area contributed by atoms with Crippen molar-refractivity contribution in [2.24, 2.45) is 5.41 Å². The van der Waals surface area contributed by atoms with Gasteiger partial charge in [0.2, 0.25) is 5.91 Å². The summed E-state index contributed by atoms with van der Waals surface area (Å²) < 4.78 is 11.4. The Labute approximate surface area is 195 Å². The number of para-hydroxylation sites is 1. The number of hydrogen-bond donors (Lipinski definition) is 2. The molecule has 0 heterocycles. The first-order chi connectivity index (χ1) is 15.9. The molecule has 2 aromatic carbocycles. The molecule has 0 radical (unpaired) electrons. The Bertz CT molecular complexity index is 992. The number of ether oxygens (including phenoxy) is 2. The van der Waals surface area contributed by atoms with Gasteiger partial charge in [-0.2, -0.15) is 0 Å². The normalized spacial score (nSPS) is 15.2. The van der Waals surface area contributed by atoms with Crippen LogP contribution in [-0.4, -0.2) is 30.7 Å². The van der Waals surface area contributed by atoms with Crippen LogP contribution in [0.2, 0.25) is 0 Å². The third-order valence-corrected chi connectivity index (χ3v) is 6.27. The molecule has 0 spiro atoms. The zero-order valence-electron chi connectivity index (χ0n) is 19.4. The maximum Gasteiger partial charge on any atom is 0.337 e. The maximum absolute atomic E-state index is 12.3. The monoisotopic (exact) mass is 451 g/mol. The Kier molecular flexibility index (Phi) is 8.52. The number of hydrogen-bond acceptors (Lipinski definition) is 4. The first-order valence-corrected chi connectivity index (χ1v) is 11.5. The second-order valence-corrected chi connectivity index (χ2v) is 8.91. The van der Waals surface area contributed by atoms with E-state index in [-0.39, 0.29) is 11.3 Å². The molecule has 1 fully saturated rings. The Morgan fingerprint density at radius 2 is 1.85 bits per heavy atom. The highest BCUT2D eigenvalue weighted by atomic mass is 16.5. The van der Waals surface area contributed by atoms with E-state index in [1.807, 2.05) is 18.2 Å². The molecular formula is C27H33NO5. The number of rotatable bonds is 10. The van der Waals surface area contributed by atoms with E-state index in [2.05, 4.69) is 12.2 Å². The Hall–Kier alpha value is -3.28. The summed E-state index contributed by atoms with van der Waals surface area (Å²) in [6, 6.07) is 11.8. The molecule has 2 N–H and O–H groups in total. The van der Waals surface area contributed by atoms with Crippen molar-refractivity contribution < 1.29 is 24.2 Å². The van der Waals surface area contributed by atoms with Gasteiger partial charge < -0.3 is 19.9 Å². The van der Waals surface area contributed by atoms with Gasteiger partial charge in [-0.15, -0.1) is 0 Å².